The van der Waals surface area contributed by atoms with E-state index in [-0.39, 0.29) is 17.3 Å². The molecule has 1 aromatic carbocycles. The largest absolute Gasteiger partial charge is 0.508 e. The second-order valence-electron chi connectivity index (χ2n) is 7.22. The number of aromatic nitrogens is 2. The van der Waals surface area contributed by atoms with E-state index in [4.69, 9.17) is 8.83 Å². The number of nitrogens with zero attached hydrogens (tertiary/aromatic N) is 4. The van der Waals surface area contributed by atoms with Crippen molar-refractivity contribution < 1.29 is 18.7 Å². The lowest BCUT2D eigenvalue weighted by Gasteiger charge is -2.35. The van der Waals surface area contributed by atoms with Gasteiger partial charge < -0.3 is 18.8 Å². The Kier molecular flexibility index (Phi) is 4.68. The molecule has 0 atom stereocenters. The molecular formula is C22H20N4O4. The molecule has 4 aromatic rings. The molecule has 30 heavy (non-hydrogen) atoms. The fourth-order valence-electron chi connectivity index (χ4n) is 3.87. The maximum Gasteiger partial charge on any atom is 0.232 e. The van der Waals surface area contributed by atoms with Crippen molar-refractivity contribution >= 4 is 22.6 Å². The number of rotatable bonds is 5. The Balaban J connectivity index is 1.40. The van der Waals surface area contributed by atoms with Crippen LogP contribution in [-0.4, -0.2) is 51.9 Å². The Labute approximate surface area is 172 Å². The lowest BCUT2D eigenvalue weighted by Crippen LogP contribution is -2.46. The van der Waals surface area contributed by atoms with Crippen LogP contribution in [0.15, 0.2) is 64.2 Å². The van der Waals surface area contributed by atoms with Gasteiger partial charge >= 0.3 is 0 Å². The molecule has 1 saturated heterocycles. The van der Waals surface area contributed by atoms with Crippen LogP contribution in [0.5, 0.6) is 5.75 Å². The standard InChI is InChI=1S/C22H20N4O4/c27-17-3-4-18-21(16(14-30-18)22(28)19-2-1-11-29-19)15(17)13-25-7-9-26(10-8-25)20-12-23-5-6-24-20/h1-6,11-12,14,27H,7-10,13H2. The summed E-state index contributed by atoms with van der Waals surface area (Å²) in [6.45, 7) is 3.71. The Bertz CT molecular complexity index is 1160. The van der Waals surface area contributed by atoms with Crippen molar-refractivity contribution in [1.82, 2.24) is 14.9 Å². The molecule has 5 rings (SSSR count). The van der Waals surface area contributed by atoms with Gasteiger partial charge in [0.2, 0.25) is 5.78 Å². The van der Waals surface area contributed by atoms with Crippen LogP contribution in [0.4, 0.5) is 5.82 Å². The number of anilines is 1. The molecule has 0 amide bonds. The number of ketones is 1. The minimum Gasteiger partial charge on any atom is -0.508 e. The molecule has 0 spiro atoms. The summed E-state index contributed by atoms with van der Waals surface area (Å²) in [6.07, 6.45) is 8.02. The third-order valence-corrected chi connectivity index (χ3v) is 5.44. The van der Waals surface area contributed by atoms with Gasteiger partial charge in [0.25, 0.3) is 0 Å². The maximum absolute atomic E-state index is 12.9. The SMILES string of the molecule is O=C(c1ccco1)c1coc2ccc(O)c(CN3CCN(c4cnccn4)CC3)c12. The summed E-state index contributed by atoms with van der Waals surface area (Å²) in [7, 11) is 0. The molecule has 1 fully saturated rings. The van der Waals surface area contributed by atoms with Crippen molar-refractivity contribution in [3.05, 3.63) is 72.3 Å². The molecule has 0 radical (unpaired) electrons. The van der Waals surface area contributed by atoms with Crippen LogP contribution in [0, 0.1) is 0 Å². The van der Waals surface area contributed by atoms with Gasteiger partial charge in [0.15, 0.2) is 5.76 Å². The number of carbonyl (C=O) groups excluding carboxylic acids is 1. The van der Waals surface area contributed by atoms with Crippen LogP contribution in [0.2, 0.25) is 0 Å². The molecule has 4 heterocycles. The van der Waals surface area contributed by atoms with E-state index in [1.165, 1.54) is 12.5 Å². The summed E-state index contributed by atoms with van der Waals surface area (Å²) in [6, 6.07) is 6.58. The molecule has 152 valence electrons. The Morgan fingerprint density at radius 3 is 2.70 bits per heavy atom. The fourth-order valence-corrected chi connectivity index (χ4v) is 3.87. The van der Waals surface area contributed by atoms with Gasteiger partial charge in [0.1, 0.15) is 23.4 Å². The van der Waals surface area contributed by atoms with Gasteiger partial charge in [-0.2, -0.15) is 0 Å². The van der Waals surface area contributed by atoms with Gasteiger partial charge in [-0.25, -0.2) is 4.98 Å². The predicted octanol–water partition coefficient (Wildman–Crippen LogP) is 3.07. The number of phenols is 1. The summed E-state index contributed by atoms with van der Waals surface area (Å²) in [5, 5.41) is 11.2. The van der Waals surface area contributed by atoms with Crippen LogP contribution in [0.25, 0.3) is 11.0 Å². The van der Waals surface area contributed by atoms with Gasteiger partial charge in [0, 0.05) is 56.1 Å². The van der Waals surface area contributed by atoms with Crippen molar-refractivity contribution in [2.24, 2.45) is 0 Å². The zero-order valence-electron chi connectivity index (χ0n) is 16.2. The molecule has 1 N–H and O–H groups in total. The average Bonchev–Trinajstić information content (AvgIpc) is 3.47. The first-order valence-corrected chi connectivity index (χ1v) is 9.74. The molecule has 0 bridgehead atoms. The monoisotopic (exact) mass is 404 g/mol. The van der Waals surface area contributed by atoms with E-state index in [0.717, 1.165) is 32.0 Å². The minimum atomic E-state index is -0.266. The molecule has 8 heteroatoms. The molecule has 0 unspecified atom stereocenters. The number of piperazine rings is 1. The van der Waals surface area contributed by atoms with Crippen LogP contribution in [-0.2, 0) is 6.54 Å². The van der Waals surface area contributed by atoms with Gasteiger partial charge in [-0.15, -0.1) is 0 Å². The Hall–Kier alpha value is -3.65. The quantitative estimate of drug-likeness (QED) is 0.507. The zero-order chi connectivity index (χ0) is 20.5. The van der Waals surface area contributed by atoms with E-state index in [9.17, 15) is 9.90 Å². The molecule has 0 saturated carbocycles. The highest BCUT2D eigenvalue weighted by atomic mass is 16.3. The number of aromatic hydroxyl groups is 1. The summed E-state index contributed by atoms with van der Waals surface area (Å²) < 4.78 is 10.9. The van der Waals surface area contributed by atoms with Gasteiger partial charge in [0.05, 0.1) is 18.0 Å². The summed E-state index contributed by atoms with van der Waals surface area (Å²) >= 11 is 0. The lowest BCUT2D eigenvalue weighted by atomic mass is 10.0. The van der Waals surface area contributed by atoms with Crippen LogP contribution < -0.4 is 4.90 Å². The van der Waals surface area contributed by atoms with Gasteiger partial charge in [-0.1, -0.05) is 0 Å². The van der Waals surface area contributed by atoms with Gasteiger partial charge in [-0.05, 0) is 24.3 Å². The van der Waals surface area contributed by atoms with Crippen LogP contribution in [0.1, 0.15) is 21.7 Å². The van der Waals surface area contributed by atoms with Crippen molar-refractivity contribution in [2.75, 3.05) is 31.1 Å². The summed E-state index contributed by atoms with van der Waals surface area (Å²) in [4.78, 5) is 25.8. The normalized spacial score (nSPS) is 15.0. The van der Waals surface area contributed by atoms with E-state index in [1.54, 1.807) is 42.9 Å². The maximum atomic E-state index is 12.9. The minimum absolute atomic E-state index is 0.147. The van der Waals surface area contributed by atoms with Crippen molar-refractivity contribution in [2.45, 2.75) is 6.54 Å². The molecule has 1 aliphatic rings. The van der Waals surface area contributed by atoms with E-state index in [2.05, 4.69) is 19.8 Å². The van der Waals surface area contributed by atoms with Crippen molar-refractivity contribution in [1.29, 1.82) is 0 Å². The van der Waals surface area contributed by atoms with E-state index in [0.29, 0.717) is 28.6 Å². The number of hydrogen-bond donors (Lipinski definition) is 1. The zero-order valence-corrected chi connectivity index (χ0v) is 16.2. The van der Waals surface area contributed by atoms with Crippen LogP contribution in [0.3, 0.4) is 0 Å². The van der Waals surface area contributed by atoms with Gasteiger partial charge in [-0.3, -0.25) is 14.7 Å². The van der Waals surface area contributed by atoms with Crippen molar-refractivity contribution in [3.8, 4) is 5.75 Å². The Morgan fingerprint density at radius 1 is 1.10 bits per heavy atom. The summed E-state index contributed by atoms with van der Waals surface area (Å²) in [5.74, 6) is 0.986. The average molecular weight is 404 g/mol. The number of benzene rings is 1. The second-order valence-corrected chi connectivity index (χ2v) is 7.22. The van der Waals surface area contributed by atoms with Crippen LogP contribution >= 0.6 is 0 Å². The third-order valence-electron chi connectivity index (χ3n) is 5.44. The van der Waals surface area contributed by atoms with E-state index >= 15 is 0 Å². The van der Waals surface area contributed by atoms with E-state index < -0.39 is 0 Å². The lowest BCUT2D eigenvalue weighted by molar-refractivity contribution is 0.101. The van der Waals surface area contributed by atoms with Crippen molar-refractivity contribution in [3.63, 3.8) is 0 Å². The number of hydrogen-bond acceptors (Lipinski definition) is 8. The first-order valence-electron chi connectivity index (χ1n) is 9.74. The third kappa shape index (κ3) is 3.31. The Morgan fingerprint density at radius 2 is 1.97 bits per heavy atom. The smallest absolute Gasteiger partial charge is 0.232 e. The highest BCUT2D eigenvalue weighted by Gasteiger charge is 2.25. The number of phenolic OH excluding ortho intramolecular Hbond substituents is 1. The topological polar surface area (TPSA) is 95.8 Å². The highest BCUT2D eigenvalue weighted by Crippen LogP contribution is 2.34. The first kappa shape index (κ1) is 18.4. The molecule has 0 aliphatic carbocycles. The first-order chi connectivity index (χ1) is 14.7. The number of carbonyl (C=O) groups is 1. The number of fused-ring (bicyclic) bond motifs is 1. The molecule has 8 nitrogen and oxygen atoms in total. The predicted molar refractivity (Wildman–Crippen MR) is 110 cm³/mol. The highest BCUT2D eigenvalue weighted by molar-refractivity contribution is 6.15. The molecular weight excluding hydrogens is 384 g/mol. The van der Waals surface area contributed by atoms with E-state index in [1.807, 2.05) is 0 Å². The fraction of sp³-hybridized carbons (Fsp3) is 0.227. The molecule has 1 aliphatic heterocycles. The second kappa shape index (κ2) is 7.64. The number of furan rings is 2. The molecule has 3 aromatic heterocycles. The summed E-state index contributed by atoms with van der Waals surface area (Å²) in [5.41, 5.74) is 1.64.